The van der Waals surface area contributed by atoms with E-state index >= 15 is 0 Å². The van der Waals surface area contributed by atoms with E-state index in [2.05, 4.69) is 120 Å². The first-order chi connectivity index (χ1) is 16.1. The minimum Gasteiger partial charge on any atom is -0.399 e. The largest absolute Gasteiger partial charge is 0.494 e. The van der Waals surface area contributed by atoms with Crippen LogP contribution in [0.15, 0.2) is 78.9 Å². The van der Waals surface area contributed by atoms with Gasteiger partial charge in [0.15, 0.2) is 0 Å². The zero-order valence-electron chi connectivity index (χ0n) is 20.9. The molecule has 1 heterocycles. The number of rotatable bonds is 2. The third kappa shape index (κ3) is 3.11. The van der Waals surface area contributed by atoms with Gasteiger partial charge in [-0.25, -0.2) is 0 Å². The van der Waals surface area contributed by atoms with Crippen LogP contribution in [0.1, 0.15) is 52.7 Å². The van der Waals surface area contributed by atoms with Crippen molar-refractivity contribution in [3.8, 4) is 22.3 Å². The lowest BCUT2D eigenvalue weighted by Crippen LogP contribution is -2.41. The second-order valence-electron chi connectivity index (χ2n) is 11.3. The fourth-order valence-electron chi connectivity index (χ4n) is 5.45. The lowest BCUT2D eigenvalue weighted by Gasteiger charge is -2.32. The maximum atomic E-state index is 6.26. The zero-order valence-corrected chi connectivity index (χ0v) is 20.9. The van der Waals surface area contributed by atoms with Gasteiger partial charge in [0.25, 0.3) is 0 Å². The third-order valence-corrected chi connectivity index (χ3v) is 8.31. The molecule has 1 aliphatic carbocycles. The first-order valence-corrected chi connectivity index (χ1v) is 12.2. The second kappa shape index (κ2) is 7.07. The van der Waals surface area contributed by atoms with Gasteiger partial charge in [-0.15, -0.1) is 0 Å². The lowest BCUT2D eigenvalue weighted by molar-refractivity contribution is 0.00578. The first-order valence-electron chi connectivity index (χ1n) is 12.2. The summed E-state index contributed by atoms with van der Waals surface area (Å²) in [5.41, 5.74) is 8.45. The summed E-state index contributed by atoms with van der Waals surface area (Å²) >= 11 is 0. The molecule has 4 aromatic rings. The van der Waals surface area contributed by atoms with Gasteiger partial charge < -0.3 is 9.31 Å². The standard InChI is InChI=1S/C31H31BO2/c1-29(2)27-10-8-7-9-25(27)26-16-14-23(19-28(26)29)20-11-12-22-18-24(15-13-21(22)17-20)32-33-30(3,4)31(5,6)34-32/h7-19H,1-6H3. The third-order valence-electron chi connectivity index (χ3n) is 8.31. The molecule has 6 rings (SSSR count). The minimum absolute atomic E-state index is 0.0104. The van der Waals surface area contributed by atoms with Crippen LogP contribution in [0.4, 0.5) is 0 Å². The molecule has 1 fully saturated rings. The van der Waals surface area contributed by atoms with Gasteiger partial charge in [0.2, 0.25) is 0 Å². The Kier molecular flexibility index (Phi) is 4.50. The van der Waals surface area contributed by atoms with Crippen molar-refractivity contribution in [3.05, 3.63) is 90.0 Å². The SMILES string of the molecule is CC1(C)c2ccccc2-c2ccc(-c3ccc4cc(B5OC(C)(C)C(C)(C)O5)ccc4c3)cc21. The molecule has 0 unspecified atom stereocenters. The van der Waals surface area contributed by atoms with Gasteiger partial charge in [-0.2, -0.15) is 0 Å². The highest BCUT2D eigenvalue weighted by Crippen LogP contribution is 2.49. The van der Waals surface area contributed by atoms with Crippen molar-refractivity contribution in [1.29, 1.82) is 0 Å². The normalized spacial score (nSPS) is 19.3. The molecule has 0 aromatic heterocycles. The van der Waals surface area contributed by atoms with Crippen LogP contribution in [0.2, 0.25) is 0 Å². The van der Waals surface area contributed by atoms with Gasteiger partial charge in [-0.3, -0.25) is 0 Å². The maximum Gasteiger partial charge on any atom is 0.494 e. The van der Waals surface area contributed by atoms with Crippen molar-refractivity contribution in [2.24, 2.45) is 0 Å². The minimum atomic E-state index is -0.338. The van der Waals surface area contributed by atoms with E-state index < -0.39 is 0 Å². The van der Waals surface area contributed by atoms with E-state index in [-0.39, 0.29) is 23.7 Å². The second-order valence-corrected chi connectivity index (χ2v) is 11.3. The van der Waals surface area contributed by atoms with E-state index in [0.29, 0.717) is 0 Å². The van der Waals surface area contributed by atoms with Crippen LogP contribution in [0.5, 0.6) is 0 Å². The summed E-state index contributed by atoms with van der Waals surface area (Å²) in [6.07, 6.45) is 0. The van der Waals surface area contributed by atoms with Crippen LogP contribution in [0, 0.1) is 0 Å². The molecule has 0 N–H and O–H groups in total. The Bertz CT molecular complexity index is 1430. The van der Waals surface area contributed by atoms with E-state index in [0.717, 1.165) is 5.46 Å². The fourth-order valence-corrected chi connectivity index (χ4v) is 5.45. The highest BCUT2D eigenvalue weighted by molar-refractivity contribution is 6.62. The van der Waals surface area contributed by atoms with Gasteiger partial charge in [0, 0.05) is 5.41 Å². The van der Waals surface area contributed by atoms with Crippen molar-refractivity contribution < 1.29 is 9.31 Å². The number of benzene rings is 4. The van der Waals surface area contributed by atoms with Crippen molar-refractivity contribution in [2.75, 3.05) is 0 Å². The number of hydrogen-bond donors (Lipinski definition) is 0. The first kappa shape index (κ1) is 21.6. The molecule has 0 saturated carbocycles. The van der Waals surface area contributed by atoms with Crippen LogP contribution in [0.3, 0.4) is 0 Å². The molecule has 2 nitrogen and oxygen atoms in total. The summed E-state index contributed by atoms with van der Waals surface area (Å²) < 4.78 is 12.5. The Morgan fingerprint density at radius 3 is 1.91 bits per heavy atom. The Morgan fingerprint density at radius 2 is 1.15 bits per heavy atom. The molecule has 4 aromatic carbocycles. The van der Waals surface area contributed by atoms with Crippen molar-refractivity contribution in [1.82, 2.24) is 0 Å². The molecule has 0 amide bonds. The molecule has 0 radical (unpaired) electrons. The summed E-state index contributed by atoms with van der Waals surface area (Å²) in [6, 6.07) is 29.0. The monoisotopic (exact) mass is 446 g/mol. The van der Waals surface area contributed by atoms with Gasteiger partial charge >= 0.3 is 7.12 Å². The highest BCUT2D eigenvalue weighted by atomic mass is 16.7. The van der Waals surface area contributed by atoms with Gasteiger partial charge in [0.1, 0.15) is 0 Å². The predicted molar refractivity (Wildman–Crippen MR) is 143 cm³/mol. The van der Waals surface area contributed by atoms with E-state index in [1.165, 1.54) is 44.2 Å². The molecule has 2 aliphatic rings. The molecule has 1 saturated heterocycles. The summed E-state index contributed by atoms with van der Waals surface area (Å²) in [7, 11) is -0.338. The van der Waals surface area contributed by atoms with E-state index in [1.807, 2.05) is 0 Å². The summed E-state index contributed by atoms with van der Waals surface area (Å²) in [5.74, 6) is 0. The molecule has 170 valence electrons. The zero-order chi connectivity index (χ0) is 23.9. The van der Waals surface area contributed by atoms with Crippen LogP contribution in [0.25, 0.3) is 33.0 Å². The molecule has 0 spiro atoms. The average Bonchev–Trinajstić information content (AvgIpc) is 3.18. The summed E-state index contributed by atoms with van der Waals surface area (Å²) in [6.45, 7) is 13.0. The van der Waals surface area contributed by atoms with Crippen molar-refractivity contribution in [3.63, 3.8) is 0 Å². The summed E-state index contributed by atoms with van der Waals surface area (Å²) in [5, 5.41) is 2.42. The van der Waals surface area contributed by atoms with Crippen molar-refractivity contribution >= 4 is 23.4 Å². The molecular weight excluding hydrogens is 415 g/mol. The molecule has 0 atom stereocenters. The van der Waals surface area contributed by atoms with E-state index in [4.69, 9.17) is 9.31 Å². The topological polar surface area (TPSA) is 18.5 Å². The molecule has 34 heavy (non-hydrogen) atoms. The lowest BCUT2D eigenvalue weighted by atomic mass is 9.78. The van der Waals surface area contributed by atoms with Gasteiger partial charge in [-0.05, 0) is 89.4 Å². The quantitative estimate of drug-likeness (QED) is 0.306. The predicted octanol–water partition coefficient (Wildman–Crippen LogP) is 7.11. The van der Waals surface area contributed by atoms with Crippen LogP contribution in [-0.4, -0.2) is 18.3 Å². The number of hydrogen-bond acceptors (Lipinski definition) is 2. The highest BCUT2D eigenvalue weighted by Gasteiger charge is 2.51. The van der Waals surface area contributed by atoms with Gasteiger partial charge in [0.05, 0.1) is 11.2 Å². The maximum absolute atomic E-state index is 6.26. The number of fused-ring (bicyclic) bond motifs is 4. The molecule has 0 bridgehead atoms. The van der Waals surface area contributed by atoms with Crippen LogP contribution < -0.4 is 5.46 Å². The Hall–Kier alpha value is -2.88. The Labute approximate surface area is 203 Å². The average molecular weight is 446 g/mol. The fraction of sp³-hybridized carbons (Fsp3) is 0.290. The molecular formula is C31H31BO2. The van der Waals surface area contributed by atoms with Crippen LogP contribution >= 0.6 is 0 Å². The smallest absolute Gasteiger partial charge is 0.399 e. The molecule has 1 aliphatic heterocycles. The van der Waals surface area contributed by atoms with E-state index in [1.54, 1.807) is 0 Å². The van der Waals surface area contributed by atoms with E-state index in [9.17, 15) is 0 Å². The molecule has 3 heteroatoms. The Balaban J connectivity index is 1.35. The Morgan fingerprint density at radius 1 is 0.559 bits per heavy atom. The summed E-state index contributed by atoms with van der Waals surface area (Å²) in [4.78, 5) is 0. The van der Waals surface area contributed by atoms with Crippen molar-refractivity contribution in [2.45, 2.75) is 58.2 Å². The van der Waals surface area contributed by atoms with Gasteiger partial charge in [-0.1, -0.05) is 80.6 Å². The van der Waals surface area contributed by atoms with Crippen LogP contribution in [-0.2, 0) is 14.7 Å².